The molecule has 0 N–H and O–H groups in total. The first-order chi connectivity index (χ1) is 8.42. The van der Waals surface area contributed by atoms with Gasteiger partial charge in [0.25, 0.3) is 0 Å². The SMILES string of the molecule is CCCC(COc1ccccc1F)CS(=O)(=O)Cl. The standard InChI is InChI=1S/C12H16ClFO3S/c1-2-5-10(9-18(13,15)16)8-17-12-7-4-3-6-11(12)14/h3-4,6-7,10H,2,5,8-9H2,1H3. The summed E-state index contributed by atoms with van der Waals surface area (Å²) in [6.45, 7) is 2.08. The minimum absolute atomic E-state index is 0.130. The third kappa shape index (κ3) is 5.69. The fourth-order valence-electron chi connectivity index (χ4n) is 1.67. The van der Waals surface area contributed by atoms with E-state index < -0.39 is 14.9 Å². The lowest BCUT2D eigenvalue weighted by molar-refractivity contribution is 0.243. The summed E-state index contributed by atoms with van der Waals surface area (Å²) >= 11 is 0. The van der Waals surface area contributed by atoms with Crippen LogP contribution in [0.5, 0.6) is 5.75 Å². The van der Waals surface area contributed by atoms with Gasteiger partial charge in [-0.15, -0.1) is 0 Å². The molecule has 0 saturated heterocycles. The van der Waals surface area contributed by atoms with Crippen molar-refractivity contribution in [2.45, 2.75) is 19.8 Å². The lowest BCUT2D eigenvalue weighted by Gasteiger charge is -2.15. The third-order valence-electron chi connectivity index (χ3n) is 2.44. The molecule has 0 saturated carbocycles. The first-order valence-corrected chi connectivity index (χ1v) is 8.20. The third-order valence-corrected chi connectivity index (χ3v) is 3.69. The number of benzene rings is 1. The fourth-order valence-corrected chi connectivity index (χ4v) is 3.03. The monoisotopic (exact) mass is 294 g/mol. The van der Waals surface area contributed by atoms with Crippen LogP contribution in [0, 0.1) is 11.7 Å². The molecule has 1 aromatic carbocycles. The molecule has 0 amide bonds. The van der Waals surface area contributed by atoms with E-state index in [1.54, 1.807) is 12.1 Å². The van der Waals surface area contributed by atoms with Crippen LogP contribution in [-0.2, 0) is 9.05 Å². The van der Waals surface area contributed by atoms with Crippen molar-refractivity contribution in [2.24, 2.45) is 5.92 Å². The van der Waals surface area contributed by atoms with Gasteiger partial charge in [0.05, 0.1) is 12.4 Å². The van der Waals surface area contributed by atoms with E-state index in [0.29, 0.717) is 6.42 Å². The van der Waals surface area contributed by atoms with Crippen molar-refractivity contribution in [1.29, 1.82) is 0 Å². The molecule has 1 aromatic rings. The smallest absolute Gasteiger partial charge is 0.232 e. The zero-order valence-corrected chi connectivity index (χ0v) is 11.7. The Hall–Kier alpha value is -0.810. The zero-order valence-electron chi connectivity index (χ0n) is 10.1. The predicted molar refractivity (Wildman–Crippen MR) is 69.9 cm³/mol. The largest absolute Gasteiger partial charge is 0.490 e. The van der Waals surface area contributed by atoms with Crippen LogP contribution < -0.4 is 4.74 Å². The van der Waals surface area contributed by atoms with Gasteiger partial charge in [-0.05, 0) is 18.6 Å². The molecule has 0 spiro atoms. The van der Waals surface area contributed by atoms with Crippen molar-refractivity contribution in [3.8, 4) is 5.75 Å². The van der Waals surface area contributed by atoms with E-state index in [-0.39, 0.29) is 24.0 Å². The van der Waals surface area contributed by atoms with Crippen molar-refractivity contribution >= 4 is 19.7 Å². The molecule has 0 bridgehead atoms. The second kappa shape index (κ2) is 6.95. The van der Waals surface area contributed by atoms with Crippen LogP contribution in [0.1, 0.15) is 19.8 Å². The van der Waals surface area contributed by atoms with Crippen molar-refractivity contribution in [1.82, 2.24) is 0 Å². The highest BCUT2D eigenvalue weighted by Crippen LogP contribution is 2.19. The normalized spacial score (nSPS) is 13.3. The molecule has 0 aromatic heterocycles. The predicted octanol–water partition coefficient (Wildman–Crippen LogP) is 3.19. The molecule has 3 nitrogen and oxygen atoms in total. The summed E-state index contributed by atoms with van der Waals surface area (Å²) in [5.74, 6) is -0.708. The number of para-hydroxylation sites is 1. The summed E-state index contributed by atoms with van der Waals surface area (Å²) in [5, 5.41) is 0. The number of rotatable bonds is 7. The van der Waals surface area contributed by atoms with E-state index in [4.69, 9.17) is 15.4 Å². The van der Waals surface area contributed by atoms with Gasteiger partial charge in [0, 0.05) is 16.6 Å². The summed E-state index contributed by atoms with van der Waals surface area (Å²) in [5.41, 5.74) is 0. The van der Waals surface area contributed by atoms with E-state index in [1.807, 2.05) is 6.92 Å². The van der Waals surface area contributed by atoms with Crippen LogP contribution in [0.15, 0.2) is 24.3 Å². The van der Waals surface area contributed by atoms with Crippen molar-refractivity contribution in [3.05, 3.63) is 30.1 Å². The van der Waals surface area contributed by atoms with E-state index in [9.17, 15) is 12.8 Å². The second-order valence-electron chi connectivity index (χ2n) is 4.10. The number of ether oxygens (including phenoxy) is 1. The van der Waals surface area contributed by atoms with E-state index >= 15 is 0 Å². The van der Waals surface area contributed by atoms with Gasteiger partial charge in [-0.3, -0.25) is 0 Å². The summed E-state index contributed by atoms with van der Waals surface area (Å²) in [6, 6.07) is 6.02. The topological polar surface area (TPSA) is 43.4 Å². The molecular formula is C12H16ClFO3S. The molecule has 1 unspecified atom stereocenters. The second-order valence-corrected chi connectivity index (χ2v) is 6.92. The highest BCUT2D eigenvalue weighted by atomic mass is 35.7. The van der Waals surface area contributed by atoms with Crippen LogP contribution in [-0.4, -0.2) is 20.8 Å². The van der Waals surface area contributed by atoms with Crippen LogP contribution in [0.4, 0.5) is 4.39 Å². The van der Waals surface area contributed by atoms with Crippen LogP contribution in [0.25, 0.3) is 0 Å². The van der Waals surface area contributed by atoms with Gasteiger partial charge in [0.2, 0.25) is 9.05 Å². The number of hydrogen-bond donors (Lipinski definition) is 0. The molecule has 1 rings (SSSR count). The Morgan fingerprint density at radius 3 is 2.61 bits per heavy atom. The molecule has 0 aliphatic rings. The maximum Gasteiger partial charge on any atom is 0.232 e. The van der Waals surface area contributed by atoms with E-state index in [1.165, 1.54) is 12.1 Å². The molecule has 0 heterocycles. The molecule has 1 atom stereocenters. The highest BCUT2D eigenvalue weighted by molar-refractivity contribution is 8.13. The minimum atomic E-state index is -3.56. The van der Waals surface area contributed by atoms with Crippen molar-refractivity contribution in [3.63, 3.8) is 0 Å². The first kappa shape index (κ1) is 15.2. The maximum atomic E-state index is 13.3. The van der Waals surface area contributed by atoms with E-state index in [2.05, 4.69) is 0 Å². The van der Waals surface area contributed by atoms with Gasteiger partial charge in [0.15, 0.2) is 11.6 Å². The summed E-state index contributed by atoms with van der Waals surface area (Å²) in [4.78, 5) is 0. The van der Waals surface area contributed by atoms with Gasteiger partial charge in [-0.25, -0.2) is 12.8 Å². The Balaban J connectivity index is 2.60. The van der Waals surface area contributed by atoms with Gasteiger partial charge in [-0.1, -0.05) is 25.5 Å². The summed E-state index contributed by atoms with van der Waals surface area (Å²) in [6.07, 6.45) is 1.48. The van der Waals surface area contributed by atoms with Crippen LogP contribution >= 0.6 is 10.7 Å². The lowest BCUT2D eigenvalue weighted by atomic mass is 10.1. The van der Waals surface area contributed by atoms with Crippen LogP contribution in [0.2, 0.25) is 0 Å². The number of halogens is 2. The Kier molecular flexibility index (Phi) is 5.88. The highest BCUT2D eigenvalue weighted by Gasteiger charge is 2.17. The molecule has 6 heteroatoms. The quantitative estimate of drug-likeness (QED) is 0.725. The molecule has 102 valence electrons. The number of hydrogen-bond acceptors (Lipinski definition) is 3. The minimum Gasteiger partial charge on any atom is -0.490 e. The first-order valence-electron chi connectivity index (χ1n) is 5.72. The van der Waals surface area contributed by atoms with Gasteiger partial charge in [0.1, 0.15) is 0 Å². The summed E-state index contributed by atoms with van der Waals surface area (Å²) in [7, 11) is 1.66. The van der Waals surface area contributed by atoms with Crippen molar-refractivity contribution < 1.29 is 17.5 Å². The Morgan fingerprint density at radius 2 is 2.06 bits per heavy atom. The molecule has 0 aliphatic heterocycles. The molecular weight excluding hydrogens is 279 g/mol. The molecule has 0 fully saturated rings. The average molecular weight is 295 g/mol. The average Bonchev–Trinajstić information content (AvgIpc) is 2.26. The van der Waals surface area contributed by atoms with Gasteiger partial charge < -0.3 is 4.74 Å². The Bertz CT molecular complexity index is 476. The Morgan fingerprint density at radius 1 is 1.39 bits per heavy atom. The van der Waals surface area contributed by atoms with Crippen molar-refractivity contribution in [2.75, 3.05) is 12.4 Å². The molecule has 0 radical (unpaired) electrons. The van der Waals surface area contributed by atoms with E-state index in [0.717, 1.165) is 6.42 Å². The molecule has 0 aliphatic carbocycles. The summed E-state index contributed by atoms with van der Waals surface area (Å²) < 4.78 is 40.7. The molecule has 18 heavy (non-hydrogen) atoms. The van der Waals surface area contributed by atoms with Crippen LogP contribution in [0.3, 0.4) is 0 Å². The van der Waals surface area contributed by atoms with Gasteiger partial charge >= 0.3 is 0 Å². The lowest BCUT2D eigenvalue weighted by Crippen LogP contribution is -2.20. The fraction of sp³-hybridized carbons (Fsp3) is 0.500. The van der Waals surface area contributed by atoms with Gasteiger partial charge in [-0.2, -0.15) is 0 Å². The maximum absolute atomic E-state index is 13.3. The Labute approximate surface area is 111 Å². The zero-order chi connectivity index (χ0) is 13.6.